The fraction of sp³-hybridized carbons (Fsp3) is 0.389. The highest BCUT2D eigenvalue weighted by molar-refractivity contribution is 7.15. The van der Waals surface area contributed by atoms with Gasteiger partial charge in [0.15, 0.2) is 16.5 Å². The minimum absolute atomic E-state index is 0.0953. The number of amides is 1. The highest BCUT2D eigenvalue weighted by atomic mass is 32.1. The average Bonchev–Trinajstić information content (AvgIpc) is 3.29. The van der Waals surface area contributed by atoms with Gasteiger partial charge < -0.3 is 14.5 Å². The van der Waals surface area contributed by atoms with Gasteiger partial charge in [0.1, 0.15) is 6.10 Å². The van der Waals surface area contributed by atoms with Gasteiger partial charge in [-0.05, 0) is 19.1 Å². The van der Waals surface area contributed by atoms with Crippen LogP contribution in [0.3, 0.4) is 0 Å². The molecule has 0 aromatic carbocycles. The van der Waals surface area contributed by atoms with Crippen molar-refractivity contribution in [2.75, 3.05) is 11.9 Å². The molecule has 4 heterocycles. The van der Waals surface area contributed by atoms with Crippen LogP contribution in [0.25, 0.3) is 5.65 Å². The highest BCUT2D eigenvalue weighted by Gasteiger charge is 2.31. The zero-order valence-electron chi connectivity index (χ0n) is 14.8. The molecular formula is C18H21N5O2S. The lowest BCUT2D eigenvalue weighted by Crippen LogP contribution is -2.27. The Bertz CT molecular complexity index is 921. The van der Waals surface area contributed by atoms with Crippen molar-refractivity contribution in [1.29, 1.82) is 0 Å². The topological polar surface area (TPSA) is 71.8 Å². The number of fused-ring (bicyclic) bond motifs is 1. The molecule has 7 nitrogen and oxygen atoms in total. The van der Waals surface area contributed by atoms with Gasteiger partial charge in [-0.25, -0.2) is 9.97 Å². The Morgan fingerprint density at radius 1 is 1.42 bits per heavy atom. The molecule has 1 aliphatic rings. The number of likely N-dealkylation sites (tertiary alicyclic amines) is 1. The SMILES string of the molecule is CC(=O)Nc1ncc(CN2C[C@H](Oc3cccn4ccnc34)C[C@@H]2C)s1. The lowest BCUT2D eigenvalue weighted by molar-refractivity contribution is -0.114. The molecule has 1 N–H and O–H groups in total. The molecule has 4 rings (SSSR count). The summed E-state index contributed by atoms with van der Waals surface area (Å²) < 4.78 is 8.21. The van der Waals surface area contributed by atoms with Gasteiger partial charge in [0.25, 0.3) is 0 Å². The van der Waals surface area contributed by atoms with Crippen LogP contribution < -0.4 is 10.1 Å². The van der Waals surface area contributed by atoms with E-state index in [1.54, 1.807) is 6.20 Å². The number of aromatic nitrogens is 3. The summed E-state index contributed by atoms with van der Waals surface area (Å²) >= 11 is 1.52. The molecule has 1 saturated heterocycles. The van der Waals surface area contributed by atoms with E-state index in [9.17, 15) is 4.79 Å². The number of hydrogen-bond donors (Lipinski definition) is 1. The number of imidazole rings is 1. The first-order valence-electron chi connectivity index (χ1n) is 8.63. The number of nitrogens with zero attached hydrogens (tertiary/aromatic N) is 4. The van der Waals surface area contributed by atoms with Gasteiger partial charge in [-0.15, -0.1) is 11.3 Å². The molecule has 136 valence electrons. The first-order chi connectivity index (χ1) is 12.6. The number of ether oxygens (including phenoxy) is 1. The molecule has 0 bridgehead atoms. The van der Waals surface area contributed by atoms with E-state index in [1.807, 2.05) is 35.1 Å². The van der Waals surface area contributed by atoms with E-state index in [0.29, 0.717) is 11.2 Å². The maximum atomic E-state index is 11.1. The van der Waals surface area contributed by atoms with Crippen LogP contribution in [0.4, 0.5) is 5.13 Å². The molecule has 0 unspecified atom stereocenters. The lowest BCUT2D eigenvalue weighted by atomic mass is 10.2. The largest absolute Gasteiger partial charge is 0.485 e. The minimum Gasteiger partial charge on any atom is -0.485 e. The third kappa shape index (κ3) is 3.56. The zero-order valence-corrected chi connectivity index (χ0v) is 15.6. The summed E-state index contributed by atoms with van der Waals surface area (Å²) in [6.45, 7) is 5.38. The van der Waals surface area contributed by atoms with Crippen LogP contribution in [-0.4, -0.2) is 43.9 Å². The molecule has 0 saturated carbocycles. The van der Waals surface area contributed by atoms with E-state index in [2.05, 4.69) is 27.1 Å². The summed E-state index contributed by atoms with van der Waals surface area (Å²) in [5.41, 5.74) is 0.848. The third-order valence-electron chi connectivity index (χ3n) is 4.54. The highest BCUT2D eigenvalue weighted by Crippen LogP contribution is 2.28. The van der Waals surface area contributed by atoms with E-state index in [4.69, 9.17) is 4.74 Å². The van der Waals surface area contributed by atoms with Crippen LogP contribution in [0.15, 0.2) is 36.9 Å². The van der Waals surface area contributed by atoms with Gasteiger partial charge in [-0.3, -0.25) is 9.69 Å². The molecule has 2 atom stereocenters. The number of rotatable bonds is 5. The molecule has 0 spiro atoms. The van der Waals surface area contributed by atoms with E-state index in [-0.39, 0.29) is 12.0 Å². The molecule has 0 radical (unpaired) electrons. The summed E-state index contributed by atoms with van der Waals surface area (Å²) in [7, 11) is 0. The quantitative estimate of drug-likeness (QED) is 0.747. The normalized spacial score (nSPS) is 20.5. The molecule has 26 heavy (non-hydrogen) atoms. The summed E-state index contributed by atoms with van der Waals surface area (Å²) in [6, 6.07) is 4.37. The number of thiazole rings is 1. The van der Waals surface area contributed by atoms with Crippen molar-refractivity contribution >= 4 is 28.0 Å². The van der Waals surface area contributed by atoms with Crippen molar-refractivity contribution in [3.8, 4) is 5.75 Å². The summed E-state index contributed by atoms with van der Waals surface area (Å²) in [6.07, 6.45) is 8.61. The van der Waals surface area contributed by atoms with Gasteiger partial charge in [0.2, 0.25) is 5.91 Å². The molecule has 3 aromatic heterocycles. The van der Waals surface area contributed by atoms with E-state index < -0.39 is 0 Å². The van der Waals surface area contributed by atoms with E-state index in [1.165, 1.54) is 18.3 Å². The fourth-order valence-corrected chi connectivity index (χ4v) is 4.22. The predicted octanol–water partition coefficient (Wildman–Crippen LogP) is 2.79. The van der Waals surface area contributed by atoms with E-state index >= 15 is 0 Å². The molecule has 0 aliphatic carbocycles. The van der Waals surface area contributed by atoms with Crippen molar-refractivity contribution < 1.29 is 9.53 Å². The Kier molecular flexibility index (Phi) is 4.60. The number of carbonyl (C=O) groups excluding carboxylic acids is 1. The maximum absolute atomic E-state index is 11.1. The van der Waals surface area contributed by atoms with Gasteiger partial charge >= 0.3 is 0 Å². The number of anilines is 1. The van der Waals surface area contributed by atoms with Crippen molar-refractivity contribution in [3.63, 3.8) is 0 Å². The number of carbonyl (C=O) groups is 1. The number of nitrogens with one attached hydrogen (secondary N) is 1. The Hall–Kier alpha value is -2.45. The van der Waals surface area contributed by atoms with Crippen molar-refractivity contribution in [2.24, 2.45) is 0 Å². The van der Waals surface area contributed by atoms with Gasteiger partial charge in [-0.1, -0.05) is 0 Å². The first kappa shape index (κ1) is 17.0. The Labute approximate surface area is 155 Å². The minimum atomic E-state index is -0.0953. The molecule has 8 heteroatoms. The molecular weight excluding hydrogens is 350 g/mol. The van der Waals surface area contributed by atoms with E-state index in [0.717, 1.165) is 35.8 Å². The second-order valence-electron chi connectivity index (χ2n) is 6.60. The summed E-state index contributed by atoms with van der Waals surface area (Å²) in [5.74, 6) is 0.726. The van der Waals surface area contributed by atoms with Crippen LogP contribution in [0.1, 0.15) is 25.1 Å². The van der Waals surface area contributed by atoms with Gasteiger partial charge in [0.05, 0.1) is 0 Å². The van der Waals surface area contributed by atoms with Crippen LogP contribution in [0, 0.1) is 0 Å². The number of hydrogen-bond acceptors (Lipinski definition) is 6. The van der Waals surface area contributed by atoms with Gasteiger partial charge in [0, 0.05) is 62.1 Å². The average molecular weight is 371 g/mol. The first-order valence-corrected chi connectivity index (χ1v) is 9.45. The summed E-state index contributed by atoms with van der Waals surface area (Å²) in [5, 5.41) is 3.38. The zero-order chi connectivity index (χ0) is 18.1. The Morgan fingerprint density at radius 2 is 2.31 bits per heavy atom. The van der Waals surface area contributed by atoms with Crippen LogP contribution in [-0.2, 0) is 11.3 Å². The van der Waals surface area contributed by atoms with Crippen molar-refractivity contribution in [3.05, 3.63) is 41.8 Å². The Balaban J connectivity index is 1.40. The smallest absolute Gasteiger partial charge is 0.223 e. The molecule has 1 amide bonds. The fourth-order valence-electron chi connectivity index (χ4n) is 3.33. The summed E-state index contributed by atoms with van der Waals surface area (Å²) in [4.78, 5) is 23.3. The molecule has 3 aromatic rings. The van der Waals surface area contributed by atoms with Crippen molar-refractivity contribution in [1.82, 2.24) is 19.3 Å². The maximum Gasteiger partial charge on any atom is 0.223 e. The van der Waals surface area contributed by atoms with Crippen LogP contribution >= 0.6 is 11.3 Å². The monoisotopic (exact) mass is 371 g/mol. The molecule has 1 fully saturated rings. The van der Waals surface area contributed by atoms with Crippen molar-refractivity contribution in [2.45, 2.75) is 39.0 Å². The standard InChI is InChI=1S/C18H21N5O2S/c1-12-8-14(25-16-4-3-6-22-7-5-19-17(16)22)10-23(12)11-15-9-20-18(26-15)21-13(2)24/h3-7,9,12,14H,8,10-11H2,1-2H3,(H,20,21,24)/t12-,14+/m0/s1. The second-order valence-corrected chi connectivity index (χ2v) is 7.71. The number of pyridine rings is 1. The molecule has 1 aliphatic heterocycles. The lowest BCUT2D eigenvalue weighted by Gasteiger charge is -2.19. The van der Waals surface area contributed by atoms with Crippen LogP contribution in [0.5, 0.6) is 5.75 Å². The second kappa shape index (κ2) is 7.05. The third-order valence-corrected chi connectivity index (χ3v) is 5.44. The predicted molar refractivity (Wildman–Crippen MR) is 101 cm³/mol. The Morgan fingerprint density at radius 3 is 3.15 bits per heavy atom. The van der Waals surface area contributed by atoms with Crippen LogP contribution in [0.2, 0.25) is 0 Å². The van der Waals surface area contributed by atoms with Gasteiger partial charge in [-0.2, -0.15) is 0 Å².